The van der Waals surface area contributed by atoms with Crippen LogP contribution in [0.4, 0.5) is 10.5 Å². The van der Waals surface area contributed by atoms with Crippen LogP contribution in [-0.2, 0) is 9.53 Å². The maximum atomic E-state index is 13.2. The number of hydrogen-bond acceptors (Lipinski definition) is 4. The molecule has 7 heteroatoms. The van der Waals surface area contributed by atoms with Crippen LogP contribution in [-0.4, -0.2) is 54.1 Å². The first-order chi connectivity index (χ1) is 13.5. The summed E-state index contributed by atoms with van der Waals surface area (Å²) in [5.74, 6) is -0.208. The average molecular weight is 379 g/mol. The highest BCUT2D eigenvalue weighted by atomic mass is 16.6. The van der Waals surface area contributed by atoms with Gasteiger partial charge in [-0.3, -0.25) is 14.5 Å². The van der Waals surface area contributed by atoms with E-state index in [0.29, 0.717) is 38.0 Å². The Morgan fingerprint density at radius 2 is 1.86 bits per heavy atom. The van der Waals surface area contributed by atoms with Crippen molar-refractivity contribution in [2.45, 2.75) is 31.4 Å². The van der Waals surface area contributed by atoms with E-state index in [2.05, 4.69) is 5.32 Å². The minimum Gasteiger partial charge on any atom is -0.441 e. The standard InChI is InChI=1S/C21H21N3O4/c1-13(18(25)23-10-8-21(9-11-23)12-22-20(27)28-21)24-16-7-3-5-14-4-2-6-15(17(14)16)19(24)26/h2-7,13H,8-12H2,1H3,(H,22,27)/t13-/m1/s1. The van der Waals surface area contributed by atoms with Crippen LogP contribution in [0.25, 0.3) is 10.8 Å². The molecule has 0 unspecified atom stereocenters. The fourth-order valence-electron chi connectivity index (χ4n) is 4.61. The van der Waals surface area contributed by atoms with E-state index in [4.69, 9.17) is 4.74 Å². The first-order valence-electron chi connectivity index (χ1n) is 9.60. The lowest BCUT2D eigenvalue weighted by Crippen LogP contribution is -2.54. The van der Waals surface area contributed by atoms with E-state index in [9.17, 15) is 14.4 Å². The van der Waals surface area contributed by atoms with E-state index < -0.39 is 11.6 Å². The Labute approximate surface area is 162 Å². The molecule has 2 aromatic carbocycles. The molecule has 0 bridgehead atoms. The number of likely N-dealkylation sites (tertiary alicyclic amines) is 1. The molecular formula is C21H21N3O4. The van der Waals surface area contributed by atoms with E-state index in [0.717, 1.165) is 16.5 Å². The van der Waals surface area contributed by atoms with Crippen molar-refractivity contribution in [1.82, 2.24) is 10.2 Å². The zero-order valence-corrected chi connectivity index (χ0v) is 15.6. The van der Waals surface area contributed by atoms with Crippen LogP contribution in [0.2, 0.25) is 0 Å². The lowest BCUT2D eigenvalue weighted by atomic mass is 9.91. The van der Waals surface area contributed by atoms with Crippen LogP contribution < -0.4 is 10.2 Å². The summed E-state index contributed by atoms with van der Waals surface area (Å²) >= 11 is 0. The molecule has 0 aliphatic carbocycles. The third-order valence-corrected chi connectivity index (χ3v) is 6.19. The maximum absolute atomic E-state index is 13.2. The van der Waals surface area contributed by atoms with E-state index in [-0.39, 0.29) is 17.9 Å². The number of hydrogen-bond donors (Lipinski definition) is 1. The van der Waals surface area contributed by atoms with E-state index in [1.807, 2.05) is 36.4 Å². The van der Waals surface area contributed by atoms with Gasteiger partial charge in [0, 0.05) is 36.9 Å². The zero-order valence-electron chi connectivity index (χ0n) is 15.6. The number of carbonyl (C=O) groups is 3. The molecule has 1 atom stereocenters. The number of benzene rings is 2. The van der Waals surface area contributed by atoms with Crippen molar-refractivity contribution in [3.63, 3.8) is 0 Å². The van der Waals surface area contributed by atoms with Crippen molar-refractivity contribution in [3.8, 4) is 0 Å². The van der Waals surface area contributed by atoms with E-state index >= 15 is 0 Å². The minimum absolute atomic E-state index is 0.0784. The fourth-order valence-corrected chi connectivity index (χ4v) is 4.61. The largest absolute Gasteiger partial charge is 0.441 e. The van der Waals surface area contributed by atoms with Crippen LogP contribution in [0, 0.1) is 0 Å². The molecule has 0 aromatic heterocycles. The monoisotopic (exact) mass is 379 g/mol. The summed E-state index contributed by atoms with van der Waals surface area (Å²) in [6.45, 7) is 3.30. The number of alkyl carbamates (subject to hydrolysis) is 1. The van der Waals surface area contributed by atoms with Crippen LogP contribution in [0.3, 0.4) is 0 Å². The second-order valence-electron chi connectivity index (χ2n) is 7.78. The molecule has 3 heterocycles. The van der Waals surface area contributed by atoms with Gasteiger partial charge < -0.3 is 15.0 Å². The molecule has 1 N–H and O–H groups in total. The molecule has 5 rings (SSSR count). The molecule has 3 aliphatic rings. The third kappa shape index (κ3) is 2.38. The van der Waals surface area contributed by atoms with Gasteiger partial charge in [0.15, 0.2) is 0 Å². The smallest absolute Gasteiger partial charge is 0.407 e. The Morgan fingerprint density at radius 1 is 1.14 bits per heavy atom. The molecule has 144 valence electrons. The molecule has 0 saturated carbocycles. The number of nitrogens with zero attached hydrogens (tertiary/aromatic N) is 2. The lowest BCUT2D eigenvalue weighted by molar-refractivity contribution is -0.135. The topological polar surface area (TPSA) is 79.0 Å². The summed E-state index contributed by atoms with van der Waals surface area (Å²) in [5, 5.41) is 4.62. The highest BCUT2D eigenvalue weighted by molar-refractivity contribution is 6.26. The molecule has 3 aliphatic heterocycles. The van der Waals surface area contributed by atoms with Gasteiger partial charge in [-0.05, 0) is 24.4 Å². The summed E-state index contributed by atoms with van der Waals surface area (Å²) in [6.07, 6.45) is 0.823. The Morgan fingerprint density at radius 3 is 2.54 bits per heavy atom. The van der Waals surface area contributed by atoms with Crippen LogP contribution in [0.5, 0.6) is 0 Å². The predicted molar refractivity (Wildman–Crippen MR) is 103 cm³/mol. The molecule has 3 amide bonds. The number of nitrogens with one attached hydrogen (secondary N) is 1. The summed E-state index contributed by atoms with van der Waals surface area (Å²) in [6, 6.07) is 10.9. The van der Waals surface area contributed by atoms with Gasteiger partial charge in [-0.25, -0.2) is 4.79 Å². The van der Waals surface area contributed by atoms with Crippen LogP contribution in [0.1, 0.15) is 30.1 Å². The second-order valence-corrected chi connectivity index (χ2v) is 7.78. The number of piperidine rings is 1. The molecule has 2 saturated heterocycles. The van der Waals surface area contributed by atoms with Gasteiger partial charge in [-0.2, -0.15) is 0 Å². The van der Waals surface area contributed by atoms with Crippen molar-refractivity contribution in [2.75, 3.05) is 24.5 Å². The summed E-state index contributed by atoms with van der Waals surface area (Å²) < 4.78 is 5.42. The van der Waals surface area contributed by atoms with Gasteiger partial charge in [0.25, 0.3) is 5.91 Å². The van der Waals surface area contributed by atoms with Crippen LogP contribution >= 0.6 is 0 Å². The number of carbonyl (C=O) groups excluding carboxylic acids is 3. The molecule has 1 spiro atoms. The van der Waals surface area contributed by atoms with Crippen molar-refractivity contribution in [1.29, 1.82) is 0 Å². The SMILES string of the molecule is C[C@H](C(=O)N1CCC2(CC1)CNC(=O)O2)N1C(=O)c2cccc3cccc1c23. The van der Waals surface area contributed by atoms with E-state index in [1.165, 1.54) is 0 Å². The number of anilines is 1. The van der Waals surface area contributed by atoms with Crippen molar-refractivity contribution < 1.29 is 19.1 Å². The van der Waals surface area contributed by atoms with Gasteiger partial charge in [0.2, 0.25) is 5.91 Å². The molecular weight excluding hydrogens is 358 g/mol. The highest BCUT2D eigenvalue weighted by Crippen LogP contribution is 2.39. The summed E-state index contributed by atoms with van der Waals surface area (Å²) in [5.41, 5.74) is 0.943. The number of rotatable bonds is 2. The number of ether oxygens (including phenoxy) is 1. The first kappa shape index (κ1) is 17.0. The Kier molecular flexibility index (Phi) is 3.62. The lowest BCUT2D eigenvalue weighted by Gasteiger charge is -2.39. The highest BCUT2D eigenvalue weighted by Gasteiger charge is 2.45. The van der Waals surface area contributed by atoms with Gasteiger partial charge in [0.1, 0.15) is 11.6 Å². The second kappa shape index (κ2) is 5.95. The van der Waals surface area contributed by atoms with Crippen molar-refractivity contribution in [3.05, 3.63) is 42.0 Å². The maximum Gasteiger partial charge on any atom is 0.407 e. The molecule has 28 heavy (non-hydrogen) atoms. The van der Waals surface area contributed by atoms with E-state index in [1.54, 1.807) is 16.7 Å². The minimum atomic E-state index is -0.594. The molecule has 7 nitrogen and oxygen atoms in total. The van der Waals surface area contributed by atoms with Gasteiger partial charge in [-0.1, -0.05) is 24.3 Å². The Bertz CT molecular complexity index is 1000. The van der Waals surface area contributed by atoms with Crippen molar-refractivity contribution >= 4 is 34.4 Å². The third-order valence-electron chi connectivity index (χ3n) is 6.19. The normalized spacial score (nSPS) is 21.2. The average Bonchev–Trinajstić information content (AvgIpc) is 3.21. The molecule has 2 fully saturated rings. The Balaban J connectivity index is 1.37. The Hall–Kier alpha value is -3.09. The van der Waals surface area contributed by atoms with Gasteiger partial charge in [0.05, 0.1) is 12.2 Å². The van der Waals surface area contributed by atoms with Crippen LogP contribution in [0.15, 0.2) is 36.4 Å². The molecule has 0 radical (unpaired) electrons. The predicted octanol–water partition coefficient (Wildman–Crippen LogP) is 2.29. The van der Waals surface area contributed by atoms with Crippen molar-refractivity contribution in [2.24, 2.45) is 0 Å². The summed E-state index contributed by atoms with van der Waals surface area (Å²) in [7, 11) is 0. The van der Waals surface area contributed by atoms with Gasteiger partial charge in [-0.15, -0.1) is 0 Å². The summed E-state index contributed by atoms with van der Waals surface area (Å²) in [4.78, 5) is 41.0. The quantitative estimate of drug-likeness (QED) is 0.868. The zero-order chi connectivity index (χ0) is 19.5. The number of amides is 3. The fraction of sp³-hybridized carbons (Fsp3) is 0.381. The van der Waals surface area contributed by atoms with Gasteiger partial charge >= 0.3 is 6.09 Å². The molecule has 2 aromatic rings. The first-order valence-corrected chi connectivity index (χ1v) is 9.60.